The third kappa shape index (κ3) is 5.38. The predicted molar refractivity (Wildman–Crippen MR) is 77.7 cm³/mol. The third-order valence-corrected chi connectivity index (χ3v) is 2.72. The predicted octanol–water partition coefficient (Wildman–Crippen LogP) is 2.63. The molecule has 0 aromatic heterocycles. The SMILES string of the molecule is CCNCC.O=S([O-])Oc1cccc2ccccc12. The number of hydrogen-bond donors (Lipinski definition) is 1. The normalized spacial score (nSPS) is 11.5. The molecule has 0 aliphatic rings. The lowest BCUT2D eigenvalue weighted by Gasteiger charge is -2.09. The Morgan fingerprint density at radius 3 is 2.32 bits per heavy atom. The van der Waals surface area contributed by atoms with E-state index in [1.807, 2.05) is 30.3 Å². The fraction of sp³-hybridized carbons (Fsp3) is 0.286. The van der Waals surface area contributed by atoms with Crippen molar-refractivity contribution in [1.29, 1.82) is 0 Å². The standard InChI is InChI=1S/C10H8O3S.C4H11N/c11-14(12)13-10-7-3-5-8-4-1-2-6-9(8)10;1-3-5-4-2/h1-7H,(H,11,12);5H,3-4H2,1-2H3/p-1. The van der Waals surface area contributed by atoms with Crippen LogP contribution < -0.4 is 9.50 Å². The van der Waals surface area contributed by atoms with Gasteiger partial charge in [0.15, 0.2) is 0 Å². The highest BCUT2D eigenvalue weighted by Crippen LogP contribution is 2.25. The minimum absolute atomic E-state index is 0.358. The first kappa shape index (κ1) is 15.6. The Bertz CT molecular complexity index is 524. The molecule has 0 radical (unpaired) electrons. The lowest BCUT2D eigenvalue weighted by Crippen LogP contribution is -2.09. The highest BCUT2D eigenvalue weighted by Gasteiger charge is 2.00. The van der Waals surface area contributed by atoms with E-state index < -0.39 is 11.4 Å². The molecule has 0 aliphatic carbocycles. The Balaban J connectivity index is 0.000000312. The molecule has 1 atom stereocenters. The van der Waals surface area contributed by atoms with Crippen LogP contribution in [0, 0.1) is 0 Å². The lowest BCUT2D eigenvalue weighted by atomic mass is 10.1. The Labute approximate surface area is 116 Å². The van der Waals surface area contributed by atoms with E-state index >= 15 is 0 Å². The maximum atomic E-state index is 10.4. The highest BCUT2D eigenvalue weighted by molar-refractivity contribution is 7.74. The minimum atomic E-state index is -2.52. The van der Waals surface area contributed by atoms with Crippen LogP contribution in [0.4, 0.5) is 0 Å². The van der Waals surface area contributed by atoms with Crippen LogP contribution in [0.3, 0.4) is 0 Å². The van der Waals surface area contributed by atoms with E-state index in [0.717, 1.165) is 23.9 Å². The van der Waals surface area contributed by atoms with Gasteiger partial charge < -0.3 is 14.1 Å². The Morgan fingerprint density at radius 1 is 1.11 bits per heavy atom. The van der Waals surface area contributed by atoms with E-state index in [2.05, 4.69) is 23.3 Å². The smallest absolute Gasteiger partial charge is 0.147 e. The summed E-state index contributed by atoms with van der Waals surface area (Å²) in [6.45, 7) is 6.39. The first-order valence-electron chi connectivity index (χ1n) is 6.15. The third-order valence-electron chi connectivity index (χ3n) is 2.41. The van der Waals surface area contributed by atoms with Gasteiger partial charge in [-0.05, 0) is 24.5 Å². The first-order chi connectivity index (χ1) is 9.19. The van der Waals surface area contributed by atoms with Gasteiger partial charge in [0.25, 0.3) is 0 Å². The van der Waals surface area contributed by atoms with Crippen LogP contribution >= 0.6 is 0 Å². The van der Waals surface area contributed by atoms with Crippen LogP contribution in [0.15, 0.2) is 42.5 Å². The van der Waals surface area contributed by atoms with Crippen LogP contribution in [0.1, 0.15) is 13.8 Å². The van der Waals surface area contributed by atoms with E-state index in [0.29, 0.717) is 5.75 Å². The van der Waals surface area contributed by atoms with Gasteiger partial charge in [-0.2, -0.15) is 0 Å². The van der Waals surface area contributed by atoms with E-state index in [9.17, 15) is 8.76 Å². The average molecular weight is 280 g/mol. The molecular weight excluding hydrogens is 262 g/mol. The van der Waals surface area contributed by atoms with Crippen LogP contribution in [-0.4, -0.2) is 21.9 Å². The van der Waals surface area contributed by atoms with Crippen molar-refractivity contribution in [3.8, 4) is 5.75 Å². The highest BCUT2D eigenvalue weighted by atomic mass is 32.2. The summed E-state index contributed by atoms with van der Waals surface area (Å²) < 4.78 is 25.4. The van der Waals surface area contributed by atoms with Crippen molar-refractivity contribution in [3.05, 3.63) is 42.5 Å². The zero-order valence-corrected chi connectivity index (χ0v) is 11.9. The van der Waals surface area contributed by atoms with Crippen molar-refractivity contribution >= 4 is 22.1 Å². The summed E-state index contributed by atoms with van der Waals surface area (Å²) in [5, 5.41) is 4.86. The molecule has 5 heteroatoms. The molecule has 0 saturated heterocycles. The molecule has 1 unspecified atom stereocenters. The molecule has 0 aliphatic heterocycles. The quantitative estimate of drug-likeness (QED) is 0.875. The molecular formula is C14H18NO3S-. The van der Waals surface area contributed by atoms with Gasteiger partial charge in [-0.25, -0.2) is 4.21 Å². The Kier molecular flexibility index (Phi) is 7.10. The van der Waals surface area contributed by atoms with Gasteiger partial charge in [0.1, 0.15) is 17.1 Å². The van der Waals surface area contributed by atoms with Crippen molar-refractivity contribution in [2.75, 3.05) is 13.1 Å². The summed E-state index contributed by atoms with van der Waals surface area (Å²) in [4.78, 5) is 0. The summed E-state index contributed by atoms with van der Waals surface area (Å²) in [5.41, 5.74) is 0. The van der Waals surface area contributed by atoms with Crippen molar-refractivity contribution in [2.24, 2.45) is 0 Å². The summed E-state index contributed by atoms with van der Waals surface area (Å²) >= 11 is -2.52. The topological polar surface area (TPSA) is 61.4 Å². The van der Waals surface area contributed by atoms with Crippen molar-refractivity contribution < 1.29 is 12.9 Å². The van der Waals surface area contributed by atoms with E-state index in [1.165, 1.54) is 0 Å². The van der Waals surface area contributed by atoms with E-state index in [1.54, 1.807) is 12.1 Å². The van der Waals surface area contributed by atoms with Gasteiger partial charge in [0.05, 0.1) is 0 Å². The summed E-state index contributed by atoms with van der Waals surface area (Å²) in [6, 6.07) is 12.7. The number of benzene rings is 2. The molecule has 104 valence electrons. The van der Waals surface area contributed by atoms with E-state index in [-0.39, 0.29) is 0 Å². The zero-order chi connectivity index (χ0) is 14.1. The van der Waals surface area contributed by atoms with Crippen LogP contribution in [0.2, 0.25) is 0 Å². The number of hydrogen-bond acceptors (Lipinski definition) is 4. The van der Waals surface area contributed by atoms with E-state index in [4.69, 9.17) is 0 Å². The summed E-state index contributed by atoms with van der Waals surface area (Å²) in [7, 11) is 0. The maximum Gasteiger partial charge on any atom is 0.147 e. The molecule has 4 nitrogen and oxygen atoms in total. The van der Waals surface area contributed by atoms with Crippen molar-refractivity contribution in [2.45, 2.75) is 13.8 Å². The Morgan fingerprint density at radius 2 is 1.74 bits per heavy atom. The average Bonchev–Trinajstić information content (AvgIpc) is 2.40. The fourth-order valence-corrected chi connectivity index (χ4v) is 1.88. The minimum Gasteiger partial charge on any atom is -0.740 e. The van der Waals surface area contributed by atoms with Gasteiger partial charge in [-0.1, -0.05) is 50.2 Å². The zero-order valence-electron chi connectivity index (χ0n) is 11.1. The van der Waals surface area contributed by atoms with Gasteiger partial charge >= 0.3 is 0 Å². The molecule has 0 bridgehead atoms. The van der Waals surface area contributed by atoms with Gasteiger partial charge in [0.2, 0.25) is 0 Å². The van der Waals surface area contributed by atoms with Crippen molar-refractivity contribution in [1.82, 2.24) is 5.32 Å². The largest absolute Gasteiger partial charge is 0.740 e. The molecule has 1 N–H and O–H groups in total. The van der Waals surface area contributed by atoms with Gasteiger partial charge in [0, 0.05) is 5.39 Å². The van der Waals surface area contributed by atoms with Gasteiger partial charge in [-0.3, -0.25) is 0 Å². The molecule has 0 spiro atoms. The molecule has 0 fully saturated rings. The maximum absolute atomic E-state index is 10.4. The summed E-state index contributed by atoms with van der Waals surface area (Å²) in [5.74, 6) is 0.358. The molecule has 0 amide bonds. The van der Waals surface area contributed by atoms with Crippen LogP contribution in [0.5, 0.6) is 5.75 Å². The van der Waals surface area contributed by atoms with Gasteiger partial charge in [-0.15, -0.1) is 0 Å². The van der Waals surface area contributed by atoms with Crippen molar-refractivity contribution in [3.63, 3.8) is 0 Å². The molecule has 2 aromatic rings. The lowest BCUT2D eigenvalue weighted by molar-refractivity contribution is 0.442. The first-order valence-corrected chi connectivity index (χ1v) is 7.15. The molecule has 2 rings (SSSR count). The molecule has 2 aromatic carbocycles. The number of nitrogens with one attached hydrogen (secondary N) is 1. The fourth-order valence-electron chi connectivity index (χ4n) is 1.59. The number of rotatable bonds is 4. The molecule has 0 heterocycles. The van der Waals surface area contributed by atoms with Crippen LogP contribution in [0.25, 0.3) is 10.8 Å². The molecule has 0 saturated carbocycles. The number of fused-ring (bicyclic) bond motifs is 1. The second-order valence-electron chi connectivity index (χ2n) is 3.72. The molecule has 19 heavy (non-hydrogen) atoms. The summed E-state index contributed by atoms with van der Waals surface area (Å²) in [6.07, 6.45) is 0. The second kappa shape index (κ2) is 8.63. The van der Waals surface area contributed by atoms with Crippen LogP contribution in [-0.2, 0) is 11.4 Å². The second-order valence-corrected chi connectivity index (χ2v) is 4.30. The Hall–Kier alpha value is -1.43. The monoisotopic (exact) mass is 280 g/mol.